The average Bonchev–Trinajstić information content (AvgIpc) is 2.56. The number of fused-ring (bicyclic) bond motifs is 2. The van der Waals surface area contributed by atoms with Crippen LogP contribution in [0.4, 0.5) is 0 Å². The summed E-state index contributed by atoms with van der Waals surface area (Å²) >= 11 is 0. The summed E-state index contributed by atoms with van der Waals surface area (Å²) in [4.78, 5) is 0. The lowest BCUT2D eigenvalue weighted by atomic mass is 9.81. The number of hydrogen-bond donors (Lipinski definition) is 1. The van der Waals surface area contributed by atoms with Crippen molar-refractivity contribution in [2.75, 3.05) is 13.1 Å². The van der Waals surface area contributed by atoms with Crippen LogP contribution < -0.4 is 5.32 Å². The van der Waals surface area contributed by atoms with Crippen molar-refractivity contribution in [3.63, 3.8) is 0 Å². The molecule has 2 nitrogen and oxygen atoms in total. The van der Waals surface area contributed by atoms with Crippen LogP contribution in [0.5, 0.6) is 0 Å². The van der Waals surface area contributed by atoms with Crippen LogP contribution in [-0.2, 0) is 4.74 Å². The Morgan fingerprint density at radius 3 is 2.67 bits per heavy atom. The van der Waals surface area contributed by atoms with Crippen molar-refractivity contribution in [2.45, 2.75) is 37.9 Å². The molecule has 0 radical (unpaired) electrons. The average molecular weight is 167 g/mol. The zero-order chi connectivity index (χ0) is 7.97. The van der Waals surface area contributed by atoms with Gasteiger partial charge in [-0.15, -0.1) is 0 Å². The van der Waals surface area contributed by atoms with Crippen molar-refractivity contribution >= 4 is 0 Å². The Morgan fingerprint density at radius 2 is 2.17 bits per heavy atom. The number of ether oxygens (including phenoxy) is 1. The van der Waals surface area contributed by atoms with Gasteiger partial charge >= 0.3 is 0 Å². The molecule has 0 aromatic rings. The van der Waals surface area contributed by atoms with Crippen molar-refractivity contribution in [3.8, 4) is 0 Å². The second kappa shape index (κ2) is 2.71. The highest BCUT2D eigenvalue weighted by Gasteiger charge is 2.41. The summed E-state index contributed by atoms with van der Waals surface area (Å²) in [6.07, 6.45) is 6.76. The van der Waals surface area contributed by atoms with Gasteiger partial charge in [0.25, 0.3) is 0 Å². The van der Waals surface area contributed by atoms with Gasteiger partial charge in [-0.3, -0.25) is 0 Å². The molecular weight excluding hydrogens is 150 g/mol. The topological polar surface area (TPSA) is 21.3 Å². The molecule has 2 bridgehead atoms. The Morgan fingerprint density at radius 1 is 1.25 bits per heavy atom. The van der Waals surface area contributed by atoms with Gasteiger partial charge in [-0.2, -0.15) is 0 Å². The first-order chi connectivity index (χ1) is 5.92. The van der Waals surface area contributed by atoms with Crippen molar-refractivity contribution in [1.29, 1.82) is 0 Å². The summed E-state index contributed by atoms with van der Waals surface area (Å²) in [5.41, 5.74) is 0. The van der Waals surface area contributed by atoms with Crippen LogP contribution in [0.1, 0.15) is 25.7 Å². The van der Waals surface area contributed by atoms with Gasteiger partial charge in [-0.05, 0) is 50.6 Å². The highest BCUT2D eigenvalue weighted by atomic mass is 16.5. The van der Waals surface area contributed by atoms with E-state index in [4.69, 9.17) is 4.74 Å². The lowest BCUT2D eigenvalue weighted by molar-refractivity contribution is 0.0861. The van der Waals surface area contributed by atoms with Crippen molar-refractivity contribution in [2.24, 2.45) is 11.8 Å². The minimum Gasteiger partial charge on any atom is -0.375 e. The summed E-state index contributed by atoms with van der Waals surface area (Å²) < 4.78 is 5.83. The largest absolute Gasteiger partial charge is 0.375 e. The van der Waals surface area contributed by atoms with Gasteiger partial charge < -0.3 is 10.1 Å². The molecule has 0 amide bonds. The highest BCUT2D eigenvalue weighted by Crippen LogP contribution is 2.41. The Bertz CT molecular complexity index is 179. The number of nitrogens with one attached hydrogen (secondary N) is 1. The summed E-state index contributed by atoms with van der Waals surface area (Å²) in [5.74, 6) is 1.88. The third-order valence-corrected chi connectivity index (χ3v) is 3.73. The molecule has 3 unspecified atom stereocenters. The van der Waals surface area contributed by atoms with E-state index in [0.717, 1.165) is 11.8 Å². The monoisotopic (exact) mass is 167 g/mol. The van der Waals surface area contributed by atoms with Crippen molar-refractivity contribution in [3.05, 3.63) is 0 Å². The molecule has 3 atom stereocenters. The first-order valence-corrected chi connectivity index (χ1v) is 5.28. The van der Waals surface area contributed by atoms with Gasteiger partial charge in [0.15, 0.2) is 0 Å². The van der Waals surface area contributed by atoms with Crippen LogP contribution in [-0.4, -0.2) is 25.3 Å². The van der Waals surface area contributed by atoms with Crippen LogP contribution in [0.2, 0.25) is 0 Å². The van der Waals surface area contributed by atoms with Gasteiger partial charge in [-0.1, -0.05) is 0 Å². The summed E-state index contributed by atoms with van der Waals surface area (Å²) in [7, 11) is 0. The Kier molecular flexibility index (Phi) is 1.66. The van der Waals surface area contributed by atoms with Gasteiger partial charge in [-0.25, -0.2) is 0 Å². The zero-order valence-corrected chi connectivity index (χ0v) is 7.46. The molecule has 1 N–H and O–H groups in total. The van der Waals surface area contributed by atoms with Crippen molar-refractivity contribution in [1.82, 2.24) is 5.32 Å². The predicted octanol–water partition coefficient (Wildman–Crippen LogP) is 1.16. The molecule has 3 aliphatic heterocycles. The fourth-order valence-electron chi connectivity index (χ4n) is 2.93. The normalized spacial score (nSPS) is 46.5. The zero-order valence-electron chi connectivity index (χ0n) is 7.46. The molecule has 2 heteroatoms. The second-order valence-corrected chi connectivity index (χ2v) is 4.63. The molecule has 68 valence electrons. The van der Waals surface area contributed by atoms with Gasteiger partial charge in [0, 0.05) is 0 Å². The van der Waals surface area contributed by atoms with E-state index in [2.05, 4.69) is 5.32 Å². The molecule has 3 fully saturated rings. The molecule has 12 heavy (non-hydrogen) atoms. The maximum Gasteiger partial charge on any atom is 0.0609 e. The molecule has 0 aromatic carbocycles. The molecule has 0 aromatic heterocycles. The smallest absolute Gasteiger partial charge is 0.0609 e. The lowest BCUT2D eigenvalue weighted by Gasteiger charge is -2.31. The van der Waals surface area contributed by atoms with Gasteiger partial charge in [0.2, 0.25) is 0 Å². The maximum atomic E-state index is 5.83. The first kappa shape index (κ1) is 7.34. The Hall–Kier alpha value is -0.0800. The lowest BCUT2D eigenvalue weighted by Crippen LogP contribution is -2.43. The molecule has 3 rings (SSSR count). The SMILES string of the molecule is C1NCC1CC1CC2CCC1O2. The molecular formula is C10H17NO. The van der Waals surface area contributed by atoms with Crippen LogP contribution in [0.3, 0.4) is 0 Å². The number of hydrogen-bond acceptors (Lipinski definition) is 2. The molecule has 0 spiro atoms. The van der Waals surface area contributed by atoms with Crippen LogP contribution in [0.25, 0.3) is 0 Å². The van der Waals surface area contributed by atoms with E-state index in [1.165, 1.54) is 38.8 Å². The van der Waals surface area contributed by atoms with Crippen LogP contribution >= 0.6 is 0 Å². The second-order valence-electron chi connectivity index (χ2n) is 4.63. The molecule has 3 aliphatic rings. The van der Waals surface area contributed by atoms with E-state index in [0.29, 0.717) is 12.2 Å². The highest BCUT2D eigenvalue weighted by molar-refractivity contribution is 4.91. The van der Waals surface area contributed by atoms with Gasteiger partial charge in [0.05, 0.1) is 12.2 Å². The fourth-order valence-corrected chi connectivity index (χ4v) is 2.93. The number of rotatable bonds is 2. The van der Waals surface area contributed by atoms with Gasteiger partial charge in [0.1, 0.15) is 0 Å². The van der Waals surface area contributed by atoms with E-state index in [1.807, 2.05) is 0 Å². The molecule has 0 saturated carbocycles. The fraction of sp³-hybridized carbons (Fsp3) is 1.00. The van der Waals surface area contributed by atoms with Crippen LogP contribution in [0.15, 0.2) is 0 Å². The standard InChI is InChI=1S/C10H17NO/c1-2-10-8(4-9(1)12-10)3-7-5-11-6-7/h7-11H,1-6H2. The summed E-state index contributed by atoms with van der Waals surface area (Å²) in [6.45, 7) is 2.52. The summed E-state index contributed by atoms with van der Waals surface area (Å²) in [5, 5.41) is 3.34. The quantitative estimate of drug-likeness (QED) is 0.666. The minimum atomic E-state index is 0.646. The third-order valence-electron chi connectivity index (χ3n) is 3.73. The van der Waals surface area contributed by atoms with E-state index in [1.54, 1.807) is 0 Å². The van der Waals surface area contributed by atoms with E-state index in [9.17, 15) is 0 Å². The van der Waals surface area contributed by atoms with Crippen molar-refractivity contribution < 1.29 is 4.74 Å². The maximum absolute atomic E-state index is 5.83. The third kappa shape index (κ3) is 1.09. The summed E-state index contributed by atoms with van der Waals surface area (Å²) in [6, 6.07) is 0. The van der Waals surface area contributed by atoms with E-state index < -0.39 is 0 Å². The molecule has 3 heterocycles. The first-order valence-electron chi connectivity index (χ1n) is 5.28. The van der Waals surface area contributed by atoms with E-state index >= 15 is 0 Å². The Balaban J connectivity index is 1.56. The molecule has 3 saturated heterocycles. The Labute approximate surface area is 73.7 Å². The minimum absolute atomic E-state index is 0.646. The van der Waals surface area contributed by atoms with Crippen LogP contribution in [0, 0.1) is 11.8 Å². The predicted molar refractivity (Wildman–Crippen MR) is 47.0 cm³/mol. The molecule has 0 aliphatic carbocycles. The van der Waals surface area contributed by atoms with E-state index in [-0.39, 0.29) is 0 Å².